The first-order valence-corrected chi connectivity index (χ1v) is 25.2. The van der Waals surface area contributed by atoms with Crippen LogP contribution in [0.1, 0.15) is 122 Å². The first-order chi connectivity index (χ1) is 34.9. The minimum atomic E-state index is -1.41. The lowest BCUT2D eigenvalue weighted by Gasteiger charge is -2.32. The highest BCUT2D eigenvalue weighted by atomic mass is 16.3. The molecule has 8 amide bonds. The third-order valence-electron chi connectivity index (χ3n) is 14.6. The van der Waals surface area contributed by atoms with Gasteiger partial charge in [0.25, 0.3) is 11.8 Å². The number of hydrogen-bond donors (Lipinski definition) is 11. The number of carbonyl (C=O) groups is 8. The number of fused-ring (bicyclic) bond motifs is 2. The maximum absolute atomic E-state index is 14.3. The van der Waals surface area contributed by atoms with Gasteiger partial charge in [0.15, 0.2) is 5.69 Å². The van der Waals surface area contributed by atoms with Crippen molar-refractivity contribution in [3.63, 3.8) is 0 Å². The van der Waals surface area contributed by atoms with Gasteiger partial charge in [0.1, 0.15) is 29.9 Å². The van der Waals surface area contributed by atoms with E-state index in [0.29, 0.717) is 12.8 Å². The minimum Gasteiger partial charge on any atom is -0.391 e. The largest absolute Gasteiger partial charge is 0.391 e. The smallest absolute Gasteiger partial charge is 0.272 e. The number of carbonyl (C=O) groups excluding carboxylic acids is 8. The number of aliphatic hydroxyl groups excluding tert-OH is 2. The number of aliphatic hydroxyl groups is 2. The van der Waals surface area contributed by atoms with Gasteiger partial charge in [0.2, 0.25) is 35.4 Å². The molecule has 4 aliphatic rings. The van der Waals surface area contributed by atoms with Crippen molar-refractivity contribution in [2.75, 3.05) is 27.2 Å². The summed E-state index contributed by atoms with van der Waals surface area (Å²) in [4.78, 5) is 113. The highest BCUT2D eigenvalue weighted by Gasteiger charge is 2.46. The molecular formula is C51H70N12O10. The zero-order valence-corrected chi connectivity index (χ0v) is 42.2. The number of aryl methyl sites for hydroxylation is 2. The first-order valence-electron chi connectivity index (χ1n) is 25.2. The van der Waals surface area contributed by atoms with E-state index in [4.69, 9.17) is 0 Å². The molecule has 2 saturated heterocycles. The summed E-state index contributed by atoms with van der Waals surface area (Å²) in [5.41, 5.74) is 3.87. The molecule has 3 aromatic rings. The summed E-state index contributed by atoms with van der Waals surface area (Å²) in [6.45, 7) is 5.59. The number of amides is 8. The standard InChI is InChI=1S/C51H70N12O10/c1-26(52-5)44(66)58-42(28(3)64)50(72)62-24-32(21-40(62)48(70)56-36-19-11-15-30-13-7-9-17-34(30)36)54-46(68)38-23-39(61-60-38)47(69)55-33-22-41(49(71)57-37-20-12-16-31-14-8-10-18-35(31)37)63(25-33)51(73)43(29(4)65)59-45(67)27(2)53-6/h7-10,13-14,17-18,23,26-29,32-33,36-37,40-43,52-53,64-65H,11-12,15-16,19-22,24-25H2,1-6H3,(H,54,68)(H,55,69)(H,56,70)(H,57,71)(H,58,66)(H,59,67)(H,60,61)/t26-,27-,28+,29+,32-,33-,36+,37?,40-,41-,42-,43-/m0/s1. The van der Waals surface area contributed by atoms with E-state index in [1.807, 2.05) is 48.5 Å². The zero-order valence-electron chi connectivity index (χ0n) is 42.2. The zero-order chi connectivity index (χ0) is 52.7. The molecule has 7 rings (SSSR count). The number of aromatic amines is 1. The number of hydrogen-bond acceptors (Lipinski definition) is 13. The van der Waals surface area contributed by atoms with Crippen molar-refractivity contribution in [1.29, 1.82) is 0 Å². The average molecular weight is 1010 g/mol. The quantitative estimate of drug-likeness (QED) is 0.0741. The predicted octanol–water partition coefficient (Wildman–Crippen LogP) is -0.857. The van der Waals surface area contributed by atoms with Gasteiger partial charge in [0.05, 0.1) is 36.4 Å². The van der Waals surface area contributed by atoms with E-state index in [-0.39, 0.29) is 49.4 Å². The number of nitrogens with zero attached hydrogens (tertiary/aromatic N) is 3. The fourth-order valence-electron chi connectivity index (χ4n) is 10.2. The average Bonchev–Trinajstić information content (AvgIpc) is 4.16. The van der Waals surface area contributed by atoms with Crippen molar-refractivity contribution in [2.45, 2.75) is 152 Å². The Morgan fingerprint density at radius 3 is 1.47 bits per heavy atom. The maximum atomic E-state index is 14.3. The first kappa shape index (κ1) is 54.0. The Morgan fingerprint density at radius 2 is 1.04 bits per heavy atom. The van der Waals surface area contributed by atoms with Crippen LogP contribution in [-0.4, -0.2) is 165 Å². The van der Waals surface area contributed by atoms with Gasteiger partial charge in [-0.05, 0) is 115 Å². The van der Waals surface area contributed by atoms with Crippen LogP contribution < -0.4 is 42.5 Å². The molecule has 0 saturated carbocycles. The molecule has 22 heteroatoms. The molecular weight excluding hydrogens is 941 g/mol. The SMILES string of the molecule is CN[C@@H](C)C(=O)N[C@H](C(=O)N1C[C@@H](NC(=O)c2cc(C(=O)N[C@H]3C[C@@H](C(=O)N[C@@H]4CCCc5ccccc54)N(C(=O)[C@@H](NC(=O)[C@H](C)NC)[C@@H](C)O)C3)[nH]n2)C[C@H]1C(=O)NC1CCCc2ccccc21)[C@@H](C)O. The molecule has 3 heterocycles. The van der Waals surface area contributed by atoms with Crippen LogP contribution in [0.3, 0.4) is 0 Å². The Morgan fingerprint density at radius 1 is 0.616 bits per heavy atom. The lowest BCUT2D eigenvalue weighted by atomic mass is 9.87. The number of likely N-dealkylation sites (tertiary alicyclic amines) is 2. The lowest BCUT2D eigenvalue weighted by molar-refractivity contribution is -0.144. The third-order valence-corrected chi connectivity index (χ3v) is 14.6. The Bertz CT molecular complexity index is 2370. The van der Waals surface area contributed by atoms with Crippen LogP contribution in [0.15, 0.2) is 54.6 Å². The molecule has 394 valence electrons. The van der Waals surface area contributed by atoms with E-state index in [1.54, 1.807) is 27.9 Å². The number of H-pyrrole nitrogens is 1. The van der Waals surface area contributed by atoms with E-state index in [1.165, 1.54) is 29.7 Å². The monoisotopic (exact) mass is 1010 g/mol. The van der Waals surface area contributed by atoms with Gasteiger partial charge in [-0.3, -0.25) is 43.5 Å². The Kier molecular flexibility index (Phi) is 17.7. The van der Waals surface area contributed by atoms with Crippen molar-refractivity contribution < 1.29 is 48.6 Å². The summed E-state index contributed by atoms with van der Waals surface area (Å²) in [6.07, 6.45) is 2.05. The van der Waals surface area contributed by atoms with Gasteiger partial charge in [-0.25, -0.2) is 0 Å². The van der Waals surface area contributed by atoms with Crippen LogP contribution in [0.5, 0.6) is 0 Å². The Labute approximate surface area is 424 Å². The molecule has 73 heavy (non-hydrogen) atoms. The topological polar surface area (TPSA) is 308 Å². The van der Waals surface area contributed by atoms with E-state index in [2.05, 4.69) is 52.7 Å². The summed E-state index contributed by atoms with van der Waals surface area (Å²) in [5.74, 6) is -4.87. The second-order valence-corrected chi connectivity index (χ2v) is 19.8. The van der Waals surface area contributed by atoms with Crippen LogP contribution in [0.2, 0.25) is 0 Å². The summed E-state index contributed by atoms with van der Waals surface area (Å²) < 4.78 is 0. The fraction of sp³-hybridized carbons (Fsp3) is 0.549. The molecule has 1 aromatic heterocycles. The van der Waals surface area contributed by atoms with Gasteiger partial charge in [-0.1, -0.05) is 48.5 Å². The van der Waals surface area contributed by atoms with Crippen LogP contribution >= 0.6 is 0 Å². The van der Waals surface area contributed by atoms with E-state index in [0.717, 1.165) is 47.9 Å². The highest BCUT2D eigenvalue weighted by molar-refractivity contribution is 5.99. The second kappa shape index (κ2) is 23.9. The molecule has 1 unspecified atom stereocenters. The number of likely N-dealkylation sites (N-methyl/N-ethyl adjacent to an activating group) is 2. The van der Waals surface area contributed by atoms with Gasteiger partial charge >= 0.3 is 0 Å². The third kappa shape index (κ3) is 12.5. The number of benzene rings is 2. The molecule has 2 fully saturated rings. The normalized spacial score (nSPS) is 23.8. The Hall–Kier alpha value is -6.75. The van der Waals surface area contributed by atoms with Crippen molar-refractivity contribution in [2.24, 2.45) is 0 Å². The van der Waals surface area contributed by atoms with Crippen LogP contribution in [0.25, 0.3) is 0 Å². The number of aromatic nitrogens is 2. The van der Waals surface area contributed by atoms with Crippen LogP contribution in [0.4, 0.5) is 0 Å². The van der Waals surface area contributed by atoms with Gasteiger partial charge in [0, 0.05) is 31.2 Å². The Balaban J connectivity index is 1.05. The van der Waals surface area contributed by atoms with E-state index in [9.17, 15) is 48.6 Å². The predicted molar refractivity (Wildman–Crippen MR) is 266 cm³/mol. The molecule has 2 aliphatic carbocycles. The van der Waals surface area contributed by atoms with Crippen molar-refractivity contribution in [1.82, 2.24) is 62.5 Å². The maximum Gasteiger partial charge on any atom is 0.272 e. The molecule has 2 aromatic carbocycles. The summed E-state index contributed by atoms with van der Waals surface area (Å²) in [5, 5.41) is 50.8. The summed E-state index contributed by atoms with van der Waals surface area (Å²) >= 11 is 0. The highest BCUT2D eigenvalue weighted by Crippen LogP contribution is 2.32. The fourth-order valence-corrected chi connectivity index (χ4v) is 10.2. The minimum absolute atomic E-state index is 0.0143. The molecule has 0 bridgehead atoms. The number of nitrogens with one attached hydrogen (secondary N) is 9. The molecule has 0 radical (unpaired) electrons. The molecule has 11 N–H and O–H groups in total. The summed E-state index contributed by atoms with van der Waals surface area (Å²) in [6, 6.07) is 8.21. The molecule has 0 spiro atoms. The van der Waals surface area contributed by atoms with Crippen molar-refractivity contribution in [3.05, 3.63) is 88.2 Å². The molecule has 12 atom stereocenters. The summed E-state index contributed by atoms with van der Waals surface area (Å²) in [7, 11) is 3.15. The van der Waals surface area contributed by atoms with Crippen molar-refractivity contribution in [3.8, 4) is 0 Å². The second-order valence-electron chi connectivity index (χ2n) is 19.8. The molecule has 22 nitrogen and oxygen atoms in total. The van der Waals surface area contributed by atoms with Crippen LogP contribution in [-0.2, 0) is 41.6 Å². The van der Waals surface area contributed by atoms with E-state index < -0.39 is 108 Å². The van der Waals surface area contributed by atoms with Crippen molar-refractivity contribution >= 4 is 47.3 Å². The van der Waals surface area contributed by atoms with Gasteiger partial charge in [-0.2, -0.15) is 5.10 Å². The molecule has 2 aliphatic heterocycles. The van der Waals surface area contributed by atoms with E-state index >= 15 is 0 Å². The van der Waals surface area contributed by atoms with Gasteiger partial charge in [-0.15, -0.1) is 0 Å². The van der Waals surface area contributed by atoms with Gasteiger partial charge < -0.3 is 62.5 Å². The van der Waals surface area contributed by atoms with Crippen LogP contribution in [0, 0.1) is 0 Å². The number of rotatable bonds is 18. The lowest BCUT2D eigenvalue weighted by Crippen LogP contribution is -2.59.